The first-order valence-electron chi connectivity index (χ1n) is 6.38. The maximum absolute atomic E-state index is 10.9. The first-order valence-corrected chi connectivity index (χ1v) is 6.38. The Morgan fingerprint density at radius 2 is 1.90 bits per heavy atom. The summed E-state index contributed by atoms with van der Waals surface area (Å²) in [5.74, 6) is -0.317. The van der Waals surface area contributed by atoms with Gasteiger partial charge in [0, 0.05) is 30.9 Å². The Morgan fingerprint density at radius 3 is 2.40 bits per heavy atom. The van der Waals surface area contributed by atoms with Gasteiger partial charge >= 0.3 is 0 Å². The Balaban J connectivity index is 2.34. The van der Waals surface area contributed by atoms with Crippen LogP contribution in [-0.4, -0.2) is 30.5 Å². The van der Waals surface area contributed by atoms with Crippen molar-refractivity contribution in [2.75, 3.05) is 25.5 Å². The molecule has 1 unspecified atom stereocenters. The van der Waals surface area contributed by atoms with Gasteiger partial charge < -0.3 is 4.90 Å². The second kappa shape index (κ2) is 6.14. The fraction of sp³-hybridized carbons (Fsp3) is 0.267. The fourth-order valence-corrected chi connectivity index (χ4v) is 2.11. The Kier molecular flexibility index (Phi) is 4.30. The second-order valence-electron chi connectivity index (χ2n) is 4.81. The minimum atomic E-state index is -0.317. The molecule has 0 spiro atoms. The number of hydrogen-bond acceptors (Lipinski definition) is 4. The molecule has 1 atom stereocenters. The van der Waals surface area contributed by atoms with E-state index in [0.29, 0.717) is 0 Å². The zero-order chi connectivity index (χ0) is 14.5. The van der Waals surface area contributed by atoms with Gasteiger partial charge in [0.25, 0.3) is 0 Å². The van der Waals surface area contributed by atoms with Crippen LogP contribution in [0.15, 0.2) is 48.7 Å². The van der Waals surface area contributed by atoms with Crippen LogP contribution in [0, 0.1) is 10.1 Å². The lowest BCUT2D eigenvalue weighted by Crippen LogP contribution is -2.15. The van der Waals surface area contributed by atoms with E-state index in [1.165, 1.54) is 0 Å². The number of anilines is 1. The van der Waals surface area contributed by atoms with Gasteiger partial charge in [0.05, 0.1) is 11.6 Å². The van der Waals surface area contributed by atoms with Crippen molar-refractivity contribution >= 4 is 5.69 Å². The van der Waals surface area contributed by atoms with Gasteiger partial charge in [-0.2, -0.15) is 0 Å². The summed E-state index contributed by atoms with van der Waals surface area (Å²) in [4.78, 5) is 16.9. The van der Waals surface area contributed by atoms with E-state index >= 15 is 0 Å². The van der Waals surface area contributed by atoms with Crippen molar-refractivity contribution in [3.63, 3.8) is 0 Å². The van der Waals surface area contributed by atoms with Crippen molar-refractivity contribution in [3.05, 3.63) is 70.0 Å². The van der Waals surface area contributed by atoms with E-state index in [0.717, 1.165) is 16.9 Å². The van der Waals surface area contributed by atoms with Crippen LogP contribution in [-0.2, 0) is 0 Å². The Labute approximate surface area is 118 Å². The minimum absolute atomic E-state index is 0.154. The Hall–Kier alpha value is -2.43. The highest BCUT2D eigenvalue weighted by atomic mass is 16.6. The molecule has 0 aliphatic carbocycles. The average molecular weight is 271 g/mol. The number of pyridine rings is 1. The van der Waals surface area contributed by atoms with Crippen LogP contribution in [0.3, 0.4) is 0 Å². The monoisotopic (exact) mass is 271 g/mol. The number of benzene rings is 1. The van der Waals surface area contributed by atoms with E-state index in [1.54, 1.807) is 6.20 Å². The van der Waals surface area contributed by atoms with E-state index in [1.807, 2.05) is 61.5 Å². The molecule has 0 bridgehead atoms. The van der Waals surface area contributed by atoms with Gasteiger partial charge in [0.2, 0.25) is 6.54 Å². The SMILES string of the molecule is CN(C)c1ccc(C(C[N+](=O)[O-])c2ccccn2)cc1. The molecule has 0 N–H and O–H groups in total. The molecule has 5 nitrogen and oxygen atoms in total. The largest absolute Gasteiger partial charge is 0.378 e. The highest BCUT2D eigenvalue weighted by molar-refractivity contribution is 5.47. The molecule has 5 heteroatoms. The van der Waals surface area contributed by atoms with Gasteiger partial charge in [-0.15, -0.1) is 0 Å². The van der Waals surface area contributed by atoms with Crippen LogP contribution >= 0.6 is 0 Å². The highest BCUT2D eigenvalue weighted by Crippen LogP contribution is 2.25. The molecule has 20 heavy (non-hydrogen) atoms. The first-order chi connectivity index (χ1) is 9.58. The van der Waals surface area contributed by atoms with Crippen LogP contribution in [0.2, 0.25) is 0 Å². The van der Waals surface area contributed by atoms with Crippen molar-refractivity contribution in [2.24, 2.45) is 0 Å². The number of rotatable bonds is 5. The van der Waals surface area contributed by atoms with Crippen molar-refractivity contribution in [1.29, 1.82) is 0 Å². The summed E-state index contributed by atoms with van der Waals surface area (Å²) in [5.41, 5.74) is 2.70. The molecule has 0 aliphatic heterocycles. The molecule has 2 aromatic rings. The Bertz CT molecular complexity index is 567. The molecule has 0 aliphatic rings. The van der Waals surface area contributed by atoms with Crippen molar-refractivity contribution in [1.82, 2.24) is 4.98 Å². The summed E-state index contributed by atoms with van der Waals surface area (Å²) in [7, 11) is 3.92. The molecular formula is C15H17N3O2. The molecule has 2 rings (SSSR count). The van der Waals surface area contributed by atoms with Crippen molar-refractivity contribution in [3.8, 4) is 0 Å². The summed E-state index contributed by atoms with van der Waals surface area (Å²) in [6.07, 6.45) is 1.66. The first kappa shape index (κ1) is 14.0. The number of aromatic nitrogens is 1. The normalized spacial score (nSPS) is 11.9. The van der Waals surface area contributed by atoms with E-state index in [-0.39, 0.29) is 17.4 Å². The second-order valence-corrected chi connectivity index (χ2v) is 4.81. The highest BCUT2D eigenvalue weighted by Gasteiger charge is 2.21. The number of nitrogens with zero attached hydrogens (tertiary/aromatic N) is 3. The maximum Gasteiger partial charge on any atom is 0.216 e. The Morgan fingerprint density at radius 1 is 1.20 bits per heavy atom. The lowest BCUT2D eigenvalue weighted by Gasteiger charge is -2.16. The van der Waals surface area contributed by atoms with Crippen LogP contribution in [0.5, 0.6) is 0 Å². The van der Waals surface area contributed by atoms with E-state index in [4.69, 9.17) is 0 Å². The summed E-state index contributed by atoms with van der Waals surface area (Å²) >= 11 is 0. The minimum Gasteiger partial charge on any atom is -0.378 e. The van der Waals surface area contributed by atoms with Crippen molar-refractivity contribution in [2.45, 2.75) is 5.92 Å². The summed E-state index contributed by atoms with van der Waals surface area (Å²) in [6.45, 7) is -0.154. The smallest absolute Gasteiger partial charge is 0.216 e. The third-order valence-electron chi connectivity index (χ3n) is 3.19. The van der Waals surface area contributed by atoms with Gasteiger partial charge in [0.1, 0.15) is 0 Å². The molecule has 0 saturated carbocycles. The summed E-state index contributed by atoms with van der Waals surface area (Å²) in [6, 6.07) is 13.3. The lowest BCUT2D eigenvalue weighted by atomic mass is 9.95. The van der Waals surface area contributed by atoms with Gasteiger partial charge in [-0.05, 0) is 29.8 Å². The van der Waals surface area contributed by atoms with Crippen LogP contribution in [0.25, 0.3) is 0 Å². The van der Waals surface area contributed by atoms with Crippen LogP contribution in [0.1, 0.15) is 17.2 Å². The van der Waals surface area contributed by atoms with Crippen LogP contribution in [0.4, 0.5) is 5.69 Å². The quantitative estimate of drug-likeness (QED) is 0.619. The zero-order valence-electron chi connectivity index (χ0n) is 11.6. The van der Waals surface area contributed by atoms with Gasteiger partial charge in [0.15, 0.2) is 0 Å². The van der Waals surface area contributed by atoms with Crippen LogP contribution < -0.4 is 4.90 Å². The molecule has 1 aromatic carbocycles. The topological polar surface area (TPSA) is 59.3 Å². The van der Waals surface area contributed by atoms with E-state index in [2.05, 4.69) is 4.98 Å². The van der Waals surface area contributed by atoms with Gasteiger partial charge in [-0.3, -0.25) is 15.1 Å². The van der Waals surface area contributed by atoms with E-state index in [9.17, 15) is 10.1 Å². The van der Waals surface area contributed by atoms with E-state index < -0.39 is 0 Å². The fourth-order valence-electron chi connectivity index (χ4n) is 2.11. The summed E-state index contributed by atoms with van der Waals surface area (Å²) < 4.78 is 0. The predicted molar refractivity (Wildman–Crippen MR) is 78.7 cm³/mol. The molecule has 0 saturated heterocycles. The molecule has 1 heterocycles. The standard InChI is InChI=1S/C15H17N3O2/c1-17(2)13-8-6-12(7-9-13)14(11-18(19)20)15-5-3-4-10-16-15/h3-10,14H,11H2,1-2H3. The van der Waals surface area contributed by atoms with Crippen molar-refractivity contribution < 1.29 is 4.92 Å². The molecular weight excluding hydrogens is 254 g/mol. The number of hydrogen-bond donors (Lipinski definition) is 0. The maximum atomic E-state index is 10.9. The average Bonchev–Trinajstić information content (AvgIpc) is 2.45. The van der Waals surface area contributed by atoms with Gasteiger partial charge in [-0.1, -0.05) is 18.2 Å². The number of nitro groups is 1. The summed E-state index contributed by atoms with van der Waals surface area (Å²) in [5, 5.41) is 10.9. The predicted octanol–water partition coefficient (Wildman–Crippen LogP) is 2.56. The van der Waals surface area contributed by atoms with Gasteiger partial charge in [-0.25, -0.2) is 0 Å². The molecule has 0 amide bonds. The molecule has 0 fully saturated rings. The third-order valence-corrected chi connectivity index (χ3v) is 3.19. The third kappa shape index (κ3) is 3.32. The lowest BCUT2D eigenvalue weighted by molar-refractivity contribution is -0.482. The molecule has 1 aromatic heterocycles. The molecule has 104 valence electrons. The molecule has 0 radical (unpaired) electrons. The zero-order valence-corrected chi connectivity index (χ0v) is 11.6.